The number of aromatic amines is 1. The number of rotatable bonds is 3. The van der Waals surface area contributed by atoms with Gasteiger partial charge < -0.3 is 15.5 Å². The average molecular weight is 346 g/mol. The Morgan fingerprint density at radius 2 is 1.81 bits per heavy atom. The van der Waals surface area contributed by atoms with Crippen LogP contribution in [0.2, 0.25) is 0 Å². The Morgan fingerprint density at radius 3 is 2.50 bits per heavy atom. The van der Waals surface area contributed by atoms with Crippen LogP contribution in [0.5, 0.6) is 0 Å². The lowest BCUT2D eigenvalue weighted by Crippen LogP contribution is -2.27. The largest absolute Gasteiger partial charge is 0.411 e. The lowest BCUT2D eigenvalue weighted by molar-refractivity contribution is 0.306. The number of benzene rings is 1. The molecule has 1 aromatic carbocycles. The van der Waals surface area contributed by atoms with Gasteiger partial charge in [0.1, 0.15) is 0 Å². The molecule has 0 saturated heterocycles. The van der Waals surface area contributed by atoms with Crippen LogP contribution in [0.1, 0.15) is 31.5 Å². The van der Waals surface area contributed by atoms with E-state index in [1.54, 1.807) is 12.4 Å². The third kappa shape index (κ3) is 2.96. The van der Waals surface area contributed by atoms with E-state index in [9.17, 15) is 5.21 Å². The summed E-state index contributed by atoms with van der Waals surface area (Å²) in [6, 6.07) is 14.0. The molecule has 0 saturated carbocycles. The van der Waals surface area contributed by atoms with Crippen LogP contribution in [0.4, 0.5) is 11.4 Å². The SMILES string of the molecule is CC1(C)C/C(=N/O)c2c([nH]c(-c3ccncc3)c2Nc2ccccc2)C1. The van der Waals surface area contributed by atoms with Crippen molar-refractivity contribution in [3.05, 3.63) is 66.1 Å². The average Bonchev–Trinajstić information content (AvgIpc) is 2.99. The van der Waals surface area contributed by atoms with Crippen molar-refractivity contribution in [3.63, 3.8) is 0 Å². The summed E-state index contributed by atoms with van der Waals surface area (Å²) >= 11 is 0. The van der Waals surface area contributed by atoms with E-state index < -0.39 is 0 Å². The van der Waals surface area contributed by atoms with Gasteiger partial charge in [0.2, 0.25) is 0 Å². The zero-order chi connectivity index (χ0) is 18.1. The molecule has 0 fully saturated rings. The second kappa shape index (κ2) is 6.33. The molecular formula is C21H22N4O. The highest BCUT2D eigenvalue weighted by atomic mass is 16.4. The third-order valence-electron chi connectivity index (χ3n) is 4.80. The van der Waals surface area contributed by atoms with Crippen LogP contribution in [0.15, 0.2) is 60.0 Å². The minimum atomic E-state index is 0.0406. The van der Waals surface area contributed by atoms with E-state index in [-0.39, 0.29) is 5.41 Å². The van der Waals surface area contributed by atoms with Gasteiger partial charge in [-0.1, -0.05) is 37.2 Å². The van der Waals surface area contributed by atoms with Crippen molar-refractivity contribution < 1.29 is 5.21 Å². The van der Waals surface area contributed by atoms with Gasteiger partial charge in [-0.2, -0.15) is 0 Å². The highest BCUT2D eigenvalue weighted by Crippen LogP contribution is 2.43. The van der Waals surface area contributed by atoms with Gasteiger partial charge in [-0.25, -0.2) is 0 Å². The number of pyridine rings is 1. The van der Waals surface area contributed by atoms with Crippen molar-refractivity contribution >= 4 is 17.1 Å². The highest BCUT2D eigenvalue weighted by Gasteiger charge is 2.35. The monoisotopic (exact) mass is 346 g/mol. The van der Waals surface area contributed by atoms with E-state index in [1.165, 1.54) is 0 Å². The van der Waals surface area contributed by atoms with E-state index in [0.717, 1.165) is 46.7 Å². The Bertz CT molecular complexity index is 943. The maximum atomic E-state index is 9.68. The molecule has 0 aliphatic heterocycles. The molecule has 3 N–H and O–H groups in total. The summed E-state index contributed by atoms with van der Waals surface area (Å²) in [6.45, 7) is 4.39. The van der Waals surface area contributed by atoms with Crippen LogP contribution in [-0.4, -0.2) is 20.9 Å². The van der Waals surface area contributed by atoms with E-state index in [0.29, 0.717) is 5.71 Å². The molecule has 0 spiro atoms. The Morgan fingerprint density at radius 1 is 1.08 bits per heavy atom. The smallest absolute Gasteiger partial charge is 0.0912 e. The van der Waals surface area contributed by atoms with Gasteiger partial charge in [0.05, 0.1) is 17.1 Å². The number of aromatic nitrogens is 2. The fourth-order valence-corrected chi connectivity index (χ4v) is 3.70. The standard InChI is InChI=1S/C21H22N4O/c1-21(2)12-16-18(17(13-21)25-26)20(23-15-6-4-3-5-7-15)19(24-16)14-8-10-22-11-9-14/h3-11,23-24,26H,12-13H2,1-2H3/b25-17-. The number of H-pyrrole nitrogens is 1. The van der Waals surface area contributed by atoms with Gasteiger partial charge in [-0.05, 0) is 42.5 Å². The van der Waals surface area contributed by atoms with Crippen LogP contribution >= 0.6 is 0 Å². The Balaban J connectivity index is 1.91. The summed E-state index contributed by atoms with van der Waals surface area (Å²) < 4.78 is 0. The maximum Gasteiger partial charge on any atom is 0.0912 e. The number of hydrogen-bond acceptors (Lipinski definition) is 4. The molecule has 3 aromatic rings. The van der Waals surface area contributed by atoms with Crippen molar-refractivity contribution in [3.8, 4) is 11.3 Å². The van der Waals surface area contributed by atoms with Crippen LogP contribution in [0.25, 0.3) is 11.3 Å². The Labute approximate surface area is 152 Å². The Hall–Kier alpha value is -3.08. The van der Waals surface area contributed by atoms with E-state index in [1.807, 2.05) is 42.5 Å². The molecule has 26 heavy (non-hydrogen) atoms. The number of nitrogens with zero attached hydrogens (tertiary/aromatic N) is 2. The van der Waals surface area contributed by atoms with Gasteiger partial charge in [0.15, 0.2) is 0 Å². The molecule has 0 amide bonds. The molecule has 5 heteroatoms. The molecule has 0 atom stereocenters. The van der Waals surface area contributed by atoms with Crippen molar-refractivity contribution in [2.75, 3.05) is 5.32 Å². The fourth-order valence-electron chi connectivity index (χ4n) is 3.70. The van der Waals surface area contributed by atoms with Crippen LogP contribution in [0.3, 0.4) is 0 Å². The summed E-state index contributed by atoms with van der Waals surface area (Å²) in [5.41, 5.74) is 6.79. The molecule has 0 unspecified atom stereocenters. The van der Waals surface area contributed by atoms with Crippen LogP contribution in [-0.2, 0) is 6.42 Å². The molecule has 0 bridgehead atoms. The first-order valence-corrected chi connectivity index (χ1v) is 8.76. The number of para-hydroxylation sites is 1. The van der Waals surface area contributed by atoms with Crippen LogP contribution < -0.4 is 5.32 Å². The van der Waals surface area contributed by atoms with E-state index in [4.69, 9.17) is 0 Å². The van der Waals surface area contributed by atoms with Crippen molar-refractivity contribution in [1.29, 1.82) is 0 Å². The maximum absolute atomic E-state index is 9.68. The lowest BCUT2D eigenvalue weighted by atomic mass is 9.75. The molecule has 4 rings (SSSR count). The van der Waals surface area contributed by atoms with Crippen molar-refractivity contribution in [1.82, 2.24) is 9.97 Å². The molecule has 1 aliphatic rings. The van der Waals surface area contributed by atoms with E-state index in [2.05, 4.69) is 34.3 Å². The first kappa shape index (κ1) is 16.4. The first-order chi connectivity index (χ1) is 12.6. The third-order valence-corrected chi connectivity index (χ3v) is 4.80. The Kier molecular flexibility index (Phi) is 3.99. The number of nitrogens with one attached hydrogen (secondary N) is 2. The molecule has 0 radical (unpaired) electrons. The zero-order valence-electron chi connectivity index (χ0n) is 15.0. The van der Waals surface area contributed by atoms with Crippen molar-refractivity contribution in [2.24, 2.45) is 10.6 Å². The zero-order valence-corrected chi connectivity index (χ0v) is 15.0. The predicted molar refractivity (Wildman–Crippen MR) is 104 cm³/mol. The summed E-state index contributed by atoms with van der Waals surface area (Å²) in [7, 11) is 0. The topological polar surface area (TPSA) is 73.3 Å². The van der Waals surface area contributed by atoms with Crippen molar-refractivity contribution in [2.45, 2.75) is 26.7 Å². The van der Waals surface area contributed by atoms with Gasteiger partial charge >= 0.3 is 0 Å². The molecule has 2 aromatic heterocycles. The second-order valence-corrected chi connectivity index (χ2v) is 7.52. The normalized spacial score (nSPS) is 17.1. The van der Waals surface area contributed by atoms with Gasteiger partial charge in [0, 0.05) is 34.9 Å². The van der Waals surface area contributed by atoms with E-state index >= 15 is 0 Å². The van der Waals surface area contributed by atoms with Gasteiger partial charge in [-0.3, -0.25) is 4.98 Å². The number of anilines is 2. The highest BCUT2D eigenvalue weighted by molar-refractivity contribution is 6.10. The summed E-state index contributed by atoms with van der Waals surface area (Å²) in [6.07, 6.45) is 5.20. The second-order valence-electron chi connectivity index (χ2n) is 7.52. The minimum Gasteiger partial charge on any atom is -0.411 e. The van der Waals surface area contributed by atoms with Crippen LogP contribution in [0, 0.1) is 5.41 Å². The lowest BCUT2D eigenvalue weighted by Gasteiger charge is -2.30. The number of hydrogen-bond donors (Lipinski definition) is 3. The molecule has 5 nitrogen and oxygen atoms in total. The quantitative estimate of drug-likeness (QED) is 0.463. The number of fused-ring (bicyclic) bond motifs is 1. The summed E-state index contributed by atoms with van der Waals surface area (Å²) in [5, 5.41) is 16.8. The van der Waals surface area contributed by atoms with Gasteiger partial charge in [0.25, 0.3) is 0 Å². The molecule has 2 heterocycles. The summed E-state index contributed by atoms with van der Waals surface area (Å²) in [5.74, 6) is 0. The predicted octanol–water partition coefficient (Wildman–Crippen LogP) is 4.97. The summed E-state index contributed by atoms with van der Waals surface area (Å²) in [4.78, 5) is 7.70. The fraction of sp³-hybridized carbons (Fsp3) is 0.238. The minimum absolute atomic E-state index is 0.0406. The molecular weight excluding hydrogens is 324 g/mol. The number of oxime groups is 1. The first-order valence-electron chi connectivity index (χ1n) is 8.76. The molecule has 1 aliphatic carbocycles. The van der Waals surface area contributed by atoms with Gasteiger partial charge in [-0.15, -0.1) is 0 Å². The molecule has 132 valence electrons.